The molecule has 2 aliphatic rings. The highest BCUT2D eigenvalue weighted by molar-refractivity contribution is 7.18. The van der Waals surface area contributed by atoms with Gasteiger partial charge >= 0.3 is 0 Å². The van der Waals surface area contributed by atoms with Gasteiger partial charge in [-0.25, -0.2) is 9.97 Å². The second-order valence-corrected chi connectivity index (χ2v) is 8.89. The Labute approximate surface area is 163 Å². The average molecular weight is 385 g/mol. The first-order valence-corrected chi connectivity index (χ1v) is 10.5. The van der Waals surface area contributed by atoms with Crippen molar-refractivity contribution in [3.63, 3.8) is 0 Å². The lowest BCUT2D eigenvalue weighted by Crippen LogP contribution is -2.50. The molecule has 0 radical (unpaired) electrons. The fourth-order valence-electron chi connectivity index (χ4n) is 4.21. The standard InChI is InChI=1S/C20H24N4O2S/c1-13-5-6-14-15(9-13)27-19-17(14)18(22-12-23-19)26-10-16(25)24-20(11-21)7-3-2-4-8-20/h12-13H,2-10H2,1H3,(H,24,25). The summed E-state index contributed by atoms with van der Waals surface area (Å²) in [5, 5.41) is 13.4. The van der Waals surface area contributed by atoms with E-state index < -0.39 is 5.54 Å². The third-order valence-electron chi connectivity index (χ3n) is 5.70. The molecule has 27 heavy (non-hydrogen) atoms. The lowest BCUT2D eigenvalue weighted by molar-refractivity contribution is -0.124. The largest absolute Gasteiger partial charge is 0.467 e. The van der Waals surface area contributed by atoms with Crippen LogP contribution in [0, 0.1) is 17.2 Å². The SMILES string of the molecule is CC1CCc2c(sc3ncnc(OCC(=O)NC4(C#N)CCCCC4)c23)C1. The molecule has 1 saturated carbocycles. The van der Waals surface area contributed by atoms with Gasteiger partial charge in [-0.1, -0.05) is 26.2 Å². The lowest BCUT2D eigenvalue weighted by atomic mass is 9.83. The molecule has 1 atom stereocenters. The first-order chi connectivity index (χ1) is 13.1. The summed E-state index contributed by atoms with van der Waals surface area (Å²) in [6, 6.07) is 2.31. The van der Waals surface area contributed by atoms with Gasteiger partial charge < -0.3 is 10.1 Å². The van der Waals surface area contributed by atoms with Crippen LogP contribution in [0.25, 0.3) is 10.2 Å². The van der Waals surface area contributed by atoms with Crippen LogP contribution < -0.4 is 10.1 Å². The van der Waals surface area contributed by atoms with Crippen LogP contribution in [0.3, 0.4) is 0 Å². The van der Waals surface area contributed by atoms with Gasteiger partial charge in [0.1, 0.15) is 16.7 Å². The Morgan fingerprint density at radius 2 is 2.22 bits per heavy atom. The summed E-state index contributed by atoms with van der Waals surface area (Å²) in [5.74, 6) is 0.908. The molecule has 1 unspecified atom stereocenters. The number of rotatable bonds is 4. The molecule has 0 saturated heterocycles. The number of ether oxygens (including phenoxy) is 1. The molecule has 1 fully saturated rings. The van der Waals surface area contributed by atoms with Crippen molar-refractivity contribution in [3.05, 3.63) is 16.8 Å². The van der Waals surface area contributed by atoms with Gasteiger partial charge in [-0.2, -0.15) is 5.26 Å². The van der Waals surface area contributed by atoms with Crippen LogP contribution in [0.15, 0.2) is 6.33 Å². The van der Waals surface area contributed by atoms with Crippen molar-refractivity contribution in [2.24, 2.45) is 5.92 Å². The number of nitriles is 1. The molecule has 6 nitrogen and oxygen atoms in total. The summed E-state index contributed by atoms with van der Waals surface area (Å²) >= 11 is 1.71. The maximum Gasteiger partial charge on any atom is 0.259 e. The zero-order valence-corrected chi connectivity index (χ0v) is 16.4. The van der Waals surface area contributed by atoms with Crippen LogP contribution in [0.4, 0.5) is 0 Å². The molecule has 7 heteroatoms. The van der Waals surface area contributed by atoms with E-state index in [-0.39, 0.29) is 12.5 Å². The highest BCUT2D eigenvalue weighted by Gasteiger charge is 2.33. The molecule has 0 aliphatic heterocycles. The van der Waals surface area contributed by atoms with Crippen molar-refractivity contribution < 1.29 is 9.53 Å². The molecule has 4 rings (SSSR count). The van der Waals surface area contributed by atoms with E-state index in [4.69, 9.17) is 4.74 Å². The maximum atomic E-state index is 12.4. The second-order valence-electron chi connectivity index (χ2n) is 7.80. The van der Waals surface area contributed by atoms with Gasteiger partial charge in [0.15, 0.2) is 6.61 Å². The number of aryl methyl sites for hydroxylation is 1. The molecule has 2 aromatic rings. The number of amides is 1. The summed E-state index contributed by atoms with van der Waals surface area (Å²) in [6.07, 6.45) is 9.21. The summed E-state index contributed by atoms with van der Waals surface area (Å²) < 4.78 is 5.80. The van der Waals surface area contributed by atoms with E-state index in [1.165, 1.54) is 16.8 Å². The smallest absolute Gasteiger partial charge is 0.259 e. The van der Waals surface area contributed by atoms with Crippen LogP contribution >= 0.6 is 11.3 Å². The fourth-order valence-corrected chi connectivity index (χ4v) is 5.55. The minimum absolute atomic E-state index is 0.128. The Morgan fingerprint density at radius 1 is 1.41 bits per heavy atom. The van der Waals surface area contributed by atoms with Crippen molar-refractivity contribution in [2.75, 3.05) is 6.61 Å². The number of nitrogens with zero attached hydrogens (tertiary/aromatic N) is 3. The van der Waals surface area contributed by atoms with Crippen LogP contribution in [-0.2, 0) is 17.6 Å². The van der Waals surface area contributed by atoms with E-state index >= 15 is 0 Å². The Morgan fingerprint density at radius 3 is 3.00 bits per heavy atom. The molecule has 2 aliphatic carbocycles. The minimum Gasteiger partial charge on any atom is -0.467 e. The molecule has 1 N–H and O–H groups in total. The molecule has 2 aromatic heterocycles. The van der Waals surface area contributed by atoms with Crippen LogP contribution in [0.2, 0.25) is 0 Å². The number of aromatic nitrogens is 2. The van der Waals surface area contributed by atoms with Gasteiger partial charge in [0.25, 0.3) is 5.91 Å². The predicted molar refractivity (Wildman–Crippen MR) is 104 cm³/mol. The first kappa shape index (κ1) is 18.2. The Bertz CT molecular complexity index is 895. The molecular formula is C20H24N4O2S. The number of carbonyl (C=O) groups excluding carboxylic acids is 1. The molecule has 2 heterocycles. The summed E-state index contributed by atoms with van der Waals surface area (Å²) in [6.45, 7) is 2.15. The van der Waals surface area contributed by atoms with Gasteiger partial charge in [-0.15, -0.1) is 11.3 Å². The maximum absolute atomic E-state index is 12.4. The van der Waals surface area contributed by atoms with E-state index in [1.54, 1.807) is 11.3 Å². The third kappa shape index (κ3) is 3.63. The predicted octanol–water partition coefficient (Wildman–Crippen LogP) is 3.54. The first-order valence-electron chi connectivity index (χ1n) is 9.70. The average Bonchev–Trinajstić information content (AvgIpc) is 3.05. The Balaban J connectivity index is 1.49. The van der Waals surface area contributed by atoms with E-state index in [1.807, 2.05) is 0 Å². The Hall–Kier alpha value is -2.20. The van der Waals surface area contributed by atoms with Crippen LogP contribution in [0.1, 0.15) is 55.9 Å². The van der Waals surface area contributed by atoms with Gasteiger partial charge in [-0.3, -0.25) is 4.79 Å². The van der Waals surface area contributed by atoms with Crippen molar-refractivity contribution in [3.8, 4) is 11.9 Å². The minimum atomic E-state index is -0.739. The number of hydrogen-bond donors (Lipinski definition) is 1. The molecule has 0 spiro atoms. The number of hydrogen-bond acceptors (Lipinski definition) is 6. The molecule has 1 amide bonds. The highest BCUT2D eigenvalue weighted by Crippen LogP contribution is 2.40. The zero-order chi connectivity index (χ0) is 18.9. The normalized spacial score (nSPS) is 21.3. The van der Waals surface area contributed by atoms with Crippen molar-refractivity contribution in [1.29, 1.82) is 5.26 Å². The van der Waals surface area contributed by atoms with Crippen molar-refractivity contribution >= 4 is 27.5 Å². The number of thiophene rings is 1. The Kier molecular flexibility index (Phi) is 5.00. The summed E-state index contributed by atoms with van der Waals surface area (Å²) in [5.41, 5.74) is 0.544. The van der Waals surface area contributed by atoms with Gasteiger partial charge in [-0.05, 0) is 43.6 Å². The monoisotopic (exact) mass is 384 g/mol. The summed E-state index contributed by atoms with van der Waals surface area (Å²) in [7, 11) is 0. The van der Waals surface area contributed by atoms with Gasteiger partial charge in [0.2, 0.25) is 5.88 Å². The van der Waals surface area contributed by atoms with Crippen molar-refractivity contribution in [1.82, 2.24) is 15.3 Å². The topological polar surface area (TPSA) is 87.9 Å². The van der Waals surface area contributed by atoms with Crippen molar-refractivity contribution in [2.45, 2.75) is 63.8 Å². The zero-order valence-electron chi connectivity index (χ0n) is 15.6. The van der Waals surface area contributed by atoms with Crippen LogP contribution in [0.5, 0.6) is 5.88 Å². The van der Waals surface area contributed by atoms with Crippen LogP contribution in [-0.4, -0.2) is 28.0 Å². The molecular weight excluding hydrogens is 360 g/mol. The van der Waals surface area contributed by atoms with E-state index in [0.717, 1.165) is 48.7 Å². The molecule has 0 bridgehead atoms. The van der Waals surface area contributed by atoms with E-state index in [0.29, 0.717) is 24.6 Å². The van der Waals surface area contributed by atoms with Gasteiger partial charge in [0, 0.05) is 4.88 Å². The summed E-state index contributed by atoms with van der Waals surface area (Å²) in [4.78, 5) is 23.4. The third-order valence-corrected chi connectivity index (χ3v) is 6.86. The number of carbonyl (C=O) groups is 1. The molecule has 142 valence electrons. The van der Waals surface area contributed by atoms with E-state index in [2.05, 4.69) is 28.3 Å². The van der Waals surface area contributed by atoms with Gasteiger partial charge in [0.05, 0.1) is 11.5 Å². The number of nitrogens with one attached hydrogen (secondary N) is 1. The van der Waals surface area contributed by atoms with E-state index in [9.17, 15) is 10.1 Å². The lowest BCUT2D eigenvalue weighted by Gasteiger charge is -2.31. The number of fused-ring (bicyclic) bond motifs is 3. The highest BCUT2D eigenvalue weighted by atomic mass is 32.1. The second kappa shape index (κ2) is 7.43. The molecule has 0 aromatic carbocycles. The fraction of sp³-hybridized carbons (Fsp3) is 0.600. The quantitative estimate of drug-likeness (QED) is 0.871.